The van der Waals surface area contributed by atoms with Crippen LogP contribution < -0.4 is 5.32 Å². The van der Waals surface area contributed by atoms with Gasteiger partial charge in [0.15, 0.2) is 0 Å². The van der Waals surface area contributed by atoms with Crippen molar-refractivity contribution in [3.63, 3.8) is 0 Å². The van der Waals surface area contributed by atoms with Gasteiger partial charge in [0.05, 0.1) is 0 Å². The summed E-state index contributed by atoms with van der Waals surface area (Å²) in [6, 6.07) is 7.95. The summed E-state index contributed by atoms with van der Waals surface area (Å²) < 4.78 is 0. The molecule has 5 nitrogen and oxygen atoms in total. The summed E-state index contributed by atoms with van der Waals surface area (Å²) in [7, 11) is 0. The highest BCUT2D eigenvalue weighted by molar-refractivity contribution is 5.92. The maximum atomic E-state index is 12.5. The van der Waals surface area contributed by atoms with Crippen LogP contribution in [0.4, 0.5) is 11.6 Å². The van der Waals surface area contributed by atoms with Gasteiger partial charge in [0.1, 0.15) is 5.69 Å². The van der Waals surface area contributed by atoms with Crippen molar-refractivity contribution in [3.8, 4) is 0 Å². The van der Waals surface area contributed by atoms with E-state index in [0.29, 0.717) is 24.7 Å². The zero-order chi connectivity index (χ0) is 17.5. The number of hydrogen-bond donors (Lipinski definition) is 1. The van der Waals surface area contributed by atoms with Crippen LogP contribution >= 0.6 is 0 Å². The highest BCUT2D eigenvalue weighted by Crippen LogP contribution is 2.25. The van der Waals surface area contributed by atoms with Crippen molar-refractivity contribution in [3.05, 3.63) is 47.3 Å². The molecule has 1 amide bonds. The van der Waals surface area contributed by atoms with Gasteiger partial charge >= 0.3 is 0 Å². The van der Waals surface area contributed by atoms with Gasteiger partial charge in [-0.2, -0.15) is 0 Å². The first-order valence-electron chi connectivity index (χ1n) is 8.64. The summed E-state index contributed by atoms with van der Waals surface area (Å²) in [6.07, 6.45) is 3.48. The van der Waals surface area contributed by atoms with E-state index in [4.69, 9.17) is 0 Å². The van der Waals surface area contributed by atoms with E-state index in [1.165, 1.54) is 11.1 Å². The van der Waals surface area contributed by atoms with E-state index in [9.17, 15) is 4.79 Å². The number of nitrogens with zero attached hydrogens (tertiary/aromatic N) is 3. The predicted molar refractivity (Wildman–Crippen MR) is 97.8 cm³/mol. The Morgan fingerprint density at radius 2 is 1.67 bits per heavy atom. The molecule has 0 aliphatic heterocycles. The molecule has 0 fully saturated rings. The van der Waals surface area contributed by atoms with Crippen molar-refractivity contribution in [1.82, 2.24) is 14.9 Å². The van der Waals surface area contributed by atoms with Crippen molar-refractivity contribution in [2.24, 2.45) is 0 Å². The van der Waals surface area contributed by atoms with Crippen molar-refractivity contribution >= 4 is 17.5 Å². The second-order valence-corrected chi connectivity index (χ2v) is 5.53. The summed E-state index contributed by atoms with van der Waals surface area (Å²) >= 11 is 0. The van der Waals surface area contributed by atoms with Crippen LogP contribution in [0.2, 0.25) is 0 Å². The molecule has 128 valence electrons. The van der Waals surface area contributed by atoms with Crippen molar-refractivity contribution in [2.75, 3.05) is 18.4 Å². The van der Waals surface area contributed by atoms with E-state index in [1.807, 2.05) is 13.8 Å². The Bertz CT molecular complexity index is 673. The third-order valence-electron chi connectivity index (χ3n) is 4.16. The molecule has 0 spiro atoms. The summed E-state index contributed by atoms with van der Waals surface area (Å²) in [6.45, 7) is 9.52. The van der Waals surface area contributed by atoms with Crippen LogP contribution in [-0.4, -0.2) is 33.9 Å². The Hall–Kier alpha value is -2.43. The van der Waals surface area contributed by atoms with Gasteiger partial charge in [0.2, 0.25) is 5.95 Å². The topological polar surface area (TPSA) is 58.1 Å². The van der Waals surface area contributed by atoms with Crippen LogP contribution in [0.15, 0.2) is 30.5 Å². The predicted octanol–water partition coefficient (Wildman–Crippen LogP) is 3.83. The molecule has 5 heteroatoms. The lowest BCUT2D eigenvalue weighted by Gasteiger charge is -2.18. The molecule has 0 radical (unpaired) electrons. The zero-order valence-corrected chi connectivity index (χ0v) is 15.0. The SMILES string of the molecule is CCc1cccc(CC)c1Nc1nccc(C(=O)N(CC)CC)n1. The molecule has 0 aliphatic carbocycles. The molecule has 2 aromatic rings. The average molecular weight is 326 g/mol. The number of benzene rings is 1. The molecule has 24 heavy (non-hydrogen) atoms. The number of nitrogens with one attached hydrogen (secondary N) is 1. The van der Waals surface area contributed by atoms with Crippen LogP contribution in [0.5, 0.6) is 0 Å². The van der Waals surface area contributed by atoms with Crippen molar-refractivity contribution < 1.29 is 4.79 Å². The van der Waals surface area contributed by atoms with Crippen LogP contribution in [0.3, 0.4) is 0 Å². The van der Waals surface area contributed by atoms with Gasteiger partial charge in [-0.15, -0.1) is 0 Å². The minimum Gasteiger partial charge on any atom is -0.338 e. The molecule has 0 aliphatic rings. The Labute approximate surface area is 144 Å². The second-order valence-electron chi connectivity index (χ2n) is 5.53. The second kappa shape index (κ2) is 8.43. The molecule has 1 N–H and O–H groups in total. The number of aryl methyl sites for hydroxylation is 2. The summed E-state index contributed by atoms with van der Waals surface area (Å²) in [5.74, 6) is 0.397. The Kier molecular flexibility index (Phi) is 6.29. The zero-order valence-electron chi connectivity index (χ0n) is 15.0. The summed E-state index contributed by atoms with van der Waals surface area (Å²) in [5, 5.41) is 3.32. The molecule has 0 atom stereocenters. The first kappa shape index (κ1) is 17.9. The Morgan fingerprint density at radius 3 is 2.21 bits per heavy atom. The molecular formula is C19H26N4O. The van der Waals surface area contributed by atoms with Gasteiger partial charge in [-0.1, -0.05) is 32.0 Å². The lowest BCUT2D eigenvalue weighted by atomic mass is 10.0. The number of para-hydroxylation sites is 1. The van der Waals surface area contributed by atoms with Gasteiger partial charge in [0, 0.05) is 25.0 Å². The van der Waals surface area contributed by atoms with Crippen LogP contribution in [0.25, 0.3) is 0 Å². The van der Waals surface area contributed by atoms with Gasteiger partial charge in [-0.05, 0) is 43.9 Å². The number of amides is 1. The van der Waals surface area contributed by atoms with E-state index in [0.717, 1.165) is 18.5 Å². The largest absolute Gasteiger partial charge is 0.338 e. The maximum absolute atomic E-state index is 12.5. The molecule has 1 heterocycles. The lowest BCUT2D eigenvalue weighted by Crippen LogP contribution is -2.31. The summed E-state index contributed by atoms with van der Waals surface area (Å²) in [5.41, 5.74) is 3.91. The quantitative estimate of drug-likeness (QED) is 0.840. The molecule has 0 saturated carbocycles. The number of aromatic nitrogens is 2. The minimum absolute atomic E-state index is 0.0649. The Morgan fingerprint density at radius 1 is 1.04 bits per heavy atom. The standard InChI is InChI=1S/C19H26N4O/c1-5-14-10-9-11-15(6-2)17(14)22-19-20-13-12-16(21-19)18(24)23(7-3)8-4/h9-13H,5-8H2,1-4H3,(H,20,21,22). The monoisotopic (exact) mass is 326 g/mol. The highest BCUT2D eigenvalue weighted by atomic mass is 16.2. The molecule has 0 bridgehead atoms. The fraction of sp³-hybridized carbons (Fsp3) is 0.421. The number of rotatable bonds is 7. The van der Waals surface area contributed by atoms with Gasteiger partial charge < -0.3 is 10.2 Å². The summed E-state index contributed by atoms with van der Waals surface area (Å²) in [4.78, 5) is 22.9. The molecular weight excluding hydrogens is 300 g/mol. The van der Waals surface area contributed by atoms with Gasteiger partial charge in [-0.25, -0.2) is 9.97 Å². The van der Waals surface area contributed by atoms with E-state index in [1.54, 1.807) is 17.2 Å². The van der Waals surface area contributed by atoms with E-state index >= 15 is 0 Å². The van der Waals surface area contributed by atoms with Gasteiger partial charge in [-0.3, -0.25) is 4.79 Å². The first-order chi connectivity index (χ1) is 11.6. The normalized spacial score (nSPS) is 10.5. The van der Waals surface area contributed by atoms with E-state index in [2.05, 4.69) is 47.3 Å². The third-order valence-corrected chi connectivity index (χ3v) is 4.16. The molecule has 2 rings (SSSR count). The van der Waals surface area contributed by atoms with Gasteiger partial charge in [0.25, 0.3) is 5.91 Å². The lowest BCUT2D eigenvalue weighted by molar-refractivity contribution is 0.0767. The fourth-order valence-corrected chi connectivity index (χ4v) is 2.73. The number of carbonyl (C=O) groups is 1. The van der Waals surface area contributed by atoms with Crippen molar-refractivity contribution in [2.45, 2.75) is 40.5 Å². The highest BCUT2D eigenvalue weighted by Gasteiger charge is 2.15. The molecule has 0 saturated heterocycles. The fourth-order valence-electron chi connectivity index (χ4n) is 2.73. The van der Waals surface area contributed by atoms with Crippen molar-refractivity contribution in [1.29, 1.82) is 0 Å². The third kappa shape index (κ3) is 3.91. The number of hydrogen-bond acceptors (Lipinski definition) is 4. The molecule has 1 aromatic carbocycles. The van der Waals surface area contributed by atoms with E-state index in [-0.39, 0.29) is 5.91 Å². The van der Waals surface area contributed by atoms with Crippen LogP contribution in [0.1, 0.15) is 49.3 Å². The van der Waals surface area contributed by atoms with Crippen LogP contribution in [0, 0.1) is 0 Å². The average Bonchev–Trinajstić information content (AvgIpc) is 2.63. The maximum Gasteiger partial charge on any atom is 0.272 e. The minimum atomic E-state index is -0.0649. The first-order valence-corrected chi connectivity index (χ1v) is 8.64. The van der Waals surface area contributed by atoms with E-state index < -0.39 is 0 Å². The molecule has 1 aromatic heterocycles. The molecule has 0 unspecified atom stereocenters. The smallest absolute Gasteiger partial charge is 0.272 e. The number of carbonyl (C=O) groups excluding carboxylic acids is 1. The van der Waals surface area contributed by atoms with Crippen LogP contribution in [-0.2, 0) is 12.8 Å². The number of anilines is 2. The Balaban J connectivity index is 2.32.